The van der Waals surface area contributed by atoms with Crippen molar-refractivity contribution < 1.29 is 49.0 Å². The van der Waals surface area contributed by atoms with Crippen molar-refractivity contribution in [2.24, 2.45) is 0 Å². The average Bonchev–Trinajstić information content (AvgIpc) is 2.59. The molecule has 0 spiro atoms. The number of alkyl halides is 9. The molecular formula is C17H11F9N2O2. The molecular weight excluding hydrogens is 435 g/mol. The van der Waals surface area contributed by atoms with E-state index in [-0.39, 0.29) is 18.2 Å². The Morgan fingerprint density at radius 2 is 1.23 bits per heavy atom. The molecule has 0 aliphatic carbocycles. The number of rotatable bonds is 3. The normalized spacial score (nSPS) is 12.5. The molecule has 0 unspecified atom stereocenters. The first-order valence-corrected chi connectivity index (χ1v) is 7.74. The average molecular weight is 446 g/mol. The Morgan fingerprint density at radius 3 is 1.67 bits per heavy atom. The fourth-order valence-electron chi connectivity index (χ4n) is 2.33. The highest BCUT2D eigenvalue weighted by Crippen LogP contribution is 2.39. The lowest BCUT2D eigenvalue weighted by Gasteiger charge is -2.16. The summed E-state index contributed by atoms with van der Waals surface area (Å²) in [5.41, 5.74) is -5.88. The number of benzene rings is 2. The molecule has 2 rings (SSSR count). The van der Waals surface area contributed by atoms with Gasteiger partial charge in [-0.2, -0.15) is 39.5 Å². The minimum absolute atomic E-state index is 0.137. The van der Waals surface area contributed by atoms with Gasteiger partial charge in [0, 0.05) is 11.4 Å². The number of hydrogen-bond donors (Lipinski definition) is 2. The molecule has 0 saturated carbocycles. The zero-order valence-corrected chi connectivity index (χ0v) is 14.7. The molecule has 0 atom stereocenters. The molecule has 164 valence electrons. The lowest BCUT2D eigenvalue weighted by molar-refractivity contribution is -0.143. The minimum atomic E-state index is -5.13. The second kappa shape index (κ2) is 7.95. The summed E-state index contributed by atoms with van der Waals surface area (Å²) >= 11 is 0. The summed E-state index contributed by atoms with van der Waals surface area (Å²) in [7, 11) is 0.982. The van der Waals surface area contributed by atoms with Crippen LogP contribution in [0.4, 0.5) is 55.7 Å². The number of nitrogens with one attached hydrogen (secondary N) is 2. The molecule has 0 saturated heterocycles. The maximum absolute atomic E-state index is 13.0. The van der Waals surface area contributed by atoms with Crippen LogP contribution in [0.3, 0.4) is 0 Å². The maximum atomic E-state index is 13.0. The molecule has 2 aromatic rings. The molecule has 0 aromatic heterocycles. The predicted octanol–water partition coefficient (Wildman–Crippen LogP) is 6.40. The van der Waals surface area contributed by atoms with E-state index < -0.39 is 58.4 Å². The Balaban J connectivity index is 2.30. The first-order chi connectivity index (χ1) is 13.6. The van der Waals surface area contributed by atoms with Gasteiger partial charge >= 0.3 is 24.6 Å². The number of carbonyl (C=O) groups is 1. The van der Waals surface area contributed by atoms with Gasteiger partial charge in [-0.05, 0) is 36.4 Å². The van der Waals surface area contributed by atoms with Gasteiger partial charge in [-0.15, -0.1) is 0 Å². The third-order valence-corrected chi connectivity index (χ3v) is 3.61. The molecule has 0 bridgehead atoms. The number of urea groups is 1. The highest BCUT2D eigenvalue weighted by atomic mass is 19.4. The first kappa shape index (κ1) is 23.2. The first-order valence-electron chi connectivity index (χ1n) is 7.74. The lowest BCUT2D eigenvalue weighted by Crippen LogP contribution is -2.21. The molecule has 4 nitrogen and oxygen atoms in total. The highest BCUT2D eigenvalue weighted by molar-refractivity contribution is 6.00. The summed E-state index contributed by atoms with van der Waals surface area (Å²) in [4.78, 5) is 11.9. The quantitative estimate of drug-likeness (QED) is 0.537. The van der Waals surface area contributed by atoms with E-state index in [0.29, 0.717) is 6.07 Å². The Morgan fingerprint density at radius 1 is 0.733 bits per heavy atom. The third kappa shape index (κ3) is 5.70. The summed E-state index contributed by atoms with van der Waals surface area (Å²) in [5.74, 6) is -0.554. The van der Waals surface area contributed by atoms with E-state index in [2.05, 4.69) is 4.74 Å². The predicted molar refractivity (Wildman–Crippen MR) is 87.1 cm³/mol. The summed E-state index contributed by atoms with van der Waals surface area (Å²) in [6, 6.07) is 1.38. The molecule has 0 heterocycles. The Bertz CT molecular complexity index is 902. The fourth-order valence-corrected chi connectivity index (χ4v) is 2.33. The van der Waals surface area contributed by atoms with Gasteiger partial charge in [0.1, 0.15) is 5.75 Å². The molecule has 2 aromatic carbocycles. The van der Waals surface area contributed by atoms with Crippen LogP contribution in [-0.4, -0.2) is 13.1 Å². The minimum Gasteiger partial charge on any atom is -0.496 e. The lowest BCUT2D eigenvalue weighted by atomic mass is 10.1. The van der Waals surface area contributed by atoms with Gasteiger partial charge in [-0.3, -0.25) is 0 Å². The van der Waals surface area contributed by atoms with E-state index >= 15 is 0 Å². The van der Waals surface area contributed by atoms with Crippen molar-refractivity contribution in [1.29, 1.82) is 0 Å². The molecule has 2 N–H and O–H groups in total. The second-order valence-corrected chi connectivity index (χ2v) is 5.79. The van der Waals surface area contributed by atoms with Crippen molar-refractivity contribution in [2.45, 2.75) is 18.5 Å². The van der Waals surface area contributed by atoms with Crippen molar-refractivity contribution in [3.05, 3.63) is 53.1 Å². The van der Waals surface area contributed by atoms with Crippen LogP contribution in [0.1, 0.15) is 16.7 Å². The second-order valence-electron chi connectivity index (χ2n) is 5.79. The SMILES string of the molecule is COc1ccc(NC(=O)Nc2cc(C(F)(F)F)cc(C(F)(F)F)c2)cc1C(F)(F)F. The number of amides is 2. The number of ether oxygens (including phenoxy) is 1. The number of halogens is 9. The highest BCUT2D eigenvalue weighted by Gasteiger charge is 2.37. The van der Waals surface area contributed by atoms with Crippen LogP contribution in [0.5, 0.6) is 5.75 Å². The molecule has 2 amide bonds. The maximum Gasteiger partial charge on any atom is 0.420 e. The van der Waals surface area contributed by atoms with Gasteiger partial charge in [0.2, 0.25) is 0 Å². The summed E-state index contributed by atoms with van der Waals surface area (Å²) in [5, 5.41) is 3.64. The van der Waals surface area contributed by atoms with Crippen LogP contribution in [0.2, 0.25) is 0 Å². The molecule has 0 aliphatic heterocycles. The molecule has 13 heteroatoms. The van der Waals surface area contributed by atoms with Crippen LogP contribution < -0.4 is 15.4 Å². The topological polar surface area (TPSA) is 50.4 Å². The molecule has 0 fully saturated rings. The van der Waals surface area contributed by atoms with Crippen molar-refractivity contribution in [2.75, 3.05) is 17.7 Å². The van der Waals surface area contributed by atoms with Crippen LogP contribution in [0, 0.1) is 0 Å². The number of anilines is 2. The van der Waals surface area contributed by atoms with E-state index in [0.717, 1.165) is 19.2 Å². The third-order valence-electron chi connectivity index (χ3n) is 3.61. The Labute approximate surface area is 162 Å². The standard InChI is InChI=1S/C17H11F9N2O2/c1-30-13-3-2-10(7-12(13)17(24,25)26)27-14(29)28-11-5-8(15(18,19)20)4-9(6-11)16(21,22)23/h2-7H,1H3,(H2,27,28,29). The Hall–Kier alpha value is -3.12. The fraction of sp³-hybridized carbons (Fsp3) is 0.235. The van der Waals surface area contributed by atoms with Gasteiger partial charge < -0.3 is 15.4 Å². The van der Waals surface area contributed by atoms with Crippen LogP contribution in [0.15, 0.2) is 36.4 Å². The largest absolute Gasteiger partial charge is 0.496 e. The van der Waals surface area contributed by atoms with E-state index in [1.807, 2.05) is 5.32 Å². The molecule has 0 aliphatic rings. The van der Waals surface area contributed by atoms with Gasteiger partial charge in [0.05, 0.1) is 23.8 Å². The van der Waals surface area contributed by atoms with Crippen molar-refractivity contribution in [3.8, 4) is 5.75 Å². The van der Waals surface area contributed by atoms with Crippen LogP contribution in [0.25, 0.3) is 0 Å². The van der Waals surface area contributed by atoms with E-state index in [1.165, 1.54) is 0 Å². The smallest absolute Gasteiger partial charge is 0.420 e. The van der Waals surface area contributed by atoms with E-state index in [4.69, 9.17) is 0 Å². The van der Waals surface area contributed by atoms with Crippen molar-refractivity contribution in [3.63, 3.8) is 0 Å². The van der Waals surface area contributed by atoms with E-state index in [9.17, 15) is 44.3 Å². The van der Waals surface area contributed by atoms with Gasteiger partial charge in [0.25, 0.3) is 0 Å². The summed E-state index contributed by atoms with van der Waals surface area (Å²) in [6.45, 7) is 0. The Kier molecular flexibility index (Phi) is 6.14. The number of methoxy groups -OCH3 is 1. The van der Waals surface area contributed by atoms with Crippen molar-refractivity contribution >= 4 is 17.4 Å². The zero-order valence-electron chi connectivity index (χ0n) is 14.7. The summed E-state index contributed by atoms with van der Waals surface area (Å²) in [6.07, 6.45) is -15.1. The molecule has 30 heavy (non-hydrogen) atoms. The van der Waals surface area contributed by atoms with Crippen LogP contribution in [-0.2, 0) is 18.5 Å². The van der Waals surface area contributed by atoms with Gasteiger partial charge in [-0.25, -0.2) is 4.79 Å². The van der Waals surface area contributed by atoms with Gasteiger partial charge in [0.15, 0.2) is 0 Å². The van der Waals surface area contributed by atoms with E-state index in [1.54, 1.807) is 5.32 Å². The number of carbonyl (C=O) groups excluding carboxylic acids is 1. The summed E-state index contributed by atoms with van der Waals surface area (Å²) < 4.78 is 121. The van der Waals surface area contributed by atoms with Crippen LogP contribution >= 0.6 is 0 Å². The molecule has 0 radical (unpaired) electrons. The van der Waals surface area contributed by atoms with Gasteiger partial charge in [-0.1, -0.05) is 0 Å². The number of hydrogen-bond acceptors (Lipinski definition) is 2. The van der Waals surface area contributed by atoms with Crippen molar-refractivity contribution in [1.82, 2.24) is 0 Å². The zero-order chi connectivity index (χ0) is 22.9. The monoisotopic (exact) mass is 446 g/mol.